The number of aromatic nitrogens is 2. The quantitative estimate of drug-likeness (QED) is 0.496. The molecule has 1 atom stereocenters. The number of pyridine rings is 2. The first-order chi connectivity index (χ1) is 14.9. The summed E-state index contributed by atoms with van der Waals surface area (Å²) in [5, 5.41) is 4.07. The van der Waals surface area contributed by atoms with E-state index >= 15 is 0 Å². The third-order valence-corrected chi connectivity index (χ3v) is 5.29. The Morgan fingerprint density at radius 3 is 2.61 bits per heavy atom. The normalized spacial score (nSPS) is 11.8. The van der Waals surface area contributed by atoms with E-state index in [1.807, 2.05) is 49.3 Å². The molecule has 2 aromatic heterocycles. The van der Waals surface area contributed by atoms with Crippen LogP contribution in [0.3, 0.4) is 0 Å². The van der Waals surface area contributed by atoms with Crippen LogP contribution in [0.2, 0.25) is 5.02 Å². The number of hydrogen-bond donors (Lipinski definition) is 2. The molecule has 2 N–H and O–H groups in total. The van der Waals surface area contributed by atoms with Gasteiger partial charge < -0.3 is 15.2 Å². The highest BCUT2D eigenvalue weighted by molar-refractivity contribution is 6.31. The van der Waals surface area contributed by atoms with Crippen molar-refractivity contribution >= 4 is 34.2 Å². The lowest BCUT2D eigenvalue weighted by atomic mass is 9.98. The van der Waals surface area contributed by atoms with E-state index in [-0.39, 0.29) is 11.3 Å². The van der Waals surface area contributed by atoms with Crippen molar-refractivity contribution in [1.29, 1.82) is 0 Å². The average molecular weight is 433 g/mol. The zero-order valence-electron chi connectivity index (χ0n) is 17.1. The van der Waals surface area contributed by atoms with Gasteiger partial charge in [0.15, 0.2) is 5.43 Å². The SMILES string of the molecule is CN(C)c1cc(C(=O)NC(c2ccccc2)c2c[nH]c3cc(Cl)ccc3c2=O)ccn1. The van der Waals surface area contributed by atoms with Crippen molar-refractivity contribution in [2.24, 2.45) is 0 Å². The minimum atomic E-state index is -0.631. The lowest BCUT2D eigenvalue weighted by Gasteiger charge is -2.20. The number of hydrogen-bond acceptors (Lipinski definition) is 4. The number of carbonyl (C=O) groups excluding carboxylic acids is 1. The Morgan fingerprint density at radius 2 is 1.87 bits per heavy atom. The molecule has 6 nitrogen and oxygen atoms in total. The van der Waals surface area contributed by atoms with E-state index < -0.39 is 6.04 Å². The maximum Gasteiger partial charge on any atom is 0.252 e. The van der Waals surface area contributed by atoms with E-state index in [0.29, 0.717) is 32.9 Å². The predicted molar refractivity (Wildman–Crippen MR) is 124 cm³/mol. The molecule has 0 aliphatic carbocycles. The number of anilines is 1. The first-order valence-corrected chi connectivity index (χ1v) is 10.1. The van der Waals surface area contributed by atoms with Gasteiger partial charge in [-0.25, -0.2) is 4.98 Å². The zero-order valence-corrected chi connectivity index (χ0v) is 17.9. The second-order valence-corrected chi connectivity index (χ2v) is 7.81. The van der Waals surface area contributed by atoms with E-state index in [9.17, 15) is 9.59 Å². The summed E-state index contributed by atoms with van der Waals surface area (Å²) in [6.07, 6.45) is 3.23. The van der Waals surface area contributed by atoms with Gasteiger partial charge in [-0.05, 0) is 35.9 Å². The Bertz CT molecular complexity index is 1300. The van der Waals surface area contributed by atoms with Crippen LogP contribution in [0.25, 0.3) is 10.9 Å². The van der Waals surface area contributed by atoms with Crippen molar-refractivity contribution in [1.82, 2.24) is 15.3 Å². The van der Waals surface area contributed by atoms with Gasteiger partial charge >= 0.3 is 0 Å². The molecule has 0 radical (unpaired) electrons. The second-order valence-electron chi connectivity index (χ2n) is 7.38. The number of H-pyrrole nitrogens is 1. The van der Waals surface area contributed by atoms with Crippen molar-refractivity contribution in [3.63, 3.8) is 0 Å². The van der Waals surface area contributed by atoms with Crippen molar-refractivity contribution < 1.29 is 4.79 Å². The fraction of sp³-hybridized carbons (Fsp3) is 0.125. The Kier molecular flexibility index (Phi) is 5.73. The van der Waals surface area contributed by atoms with Gasteiger partial charge in [0.25, 0.3) is 5.91 Å². The van der Waals surface area contributed by atoms with E-state index in [1.165, 1.54) is 0 Å². The number of aromatic amines is 1. The number of nitrogens with one attached hydrogen (secondary N) is 2. The Hall–Kier alpha value is -3.64. The summed E-state index contributed by atoms with van der Waals surface area (Å²) in [4.78, 5) is 35.6. The highest BCUT2D eigenvalue weighted by atomic mass is 35.5. The summed E-state index contributed by atoms with van der Waals surface area (Å²) in [6.45, 7) is 0. The molecule has 4 rings (SSSR count). The smallest absolute Gasteiger partial charge is 0.252 e. The molecule has 0 saturated carbocycles. The third kappa shape index (κ3) is 4.29. The molecule has 0 saturated heterocycles. The zero-order chi connectivity index (χ0) is 22.0. The Labute approximate surface area is 184 Å². The van der Waals surface area contributed by atoms with Crippen LogP contribution in [0.5, 0.6) is 0 Å². The van der Waals surface area contributed by atoms with Crippen LogP contribution in [0.1, 0.15) is 27.5 Å². The first kappa shape index (κ1) is 20.6. The van der Waals surface area contributed by atoms with Crippen LogP contribution in [0.4, 0.5) is 5.82 Å². The molecule has 7 heteroatoms. The monoisotopic (exact) mass is 432 g/mol. The van der Waals surface area contributed by atoms with Crippen molar-refractivity contribution in [3.05, 3.63) is 105 Å². The van der Waals surface area contributed by atoms with Gasteiger partial charge in [-0.3, -0.25) is 9.59 Å². The van der Waals surface area contributed by atoms with E-state index in [4.69, 9.17) is 11.6 Å². The van der Waals surface area contributed by atoms with Gasteiger partial charge in [0, 0.05) is 48.0 Å². The molecule has 0 aliphatic heterocycles. The van der Waals surface area contributed by atoms with Gasteiger partial charge in [0.1, 0.15) is 5.82 Å². The third-order valence-electron chi connectivity index (χ3n) is 5.06. The van der Waals surface area contributed by atoms with E-state index in [2.05, 4.69) is 15.3 Å². The van der Waals surface area contributed by atoms with Crippen LogP contribution in [-0.2, 0) is 0 Å². The lowest BCUT2D eigenvalue weighted by Crippen LogP contribution is -2.32. The molecule has 4 aromatic rings. The van der Waals surface area contributed by atoms with Crippen LogP contribution >= 0.6 is 11.6 Å². The molecular weight excluding hydrogens is 412 g/mol. The molecule has 2 heterocycles. The summed E-state index contributed by atoms with van der Waals surface area (Å²) in [7, 11) is 3.72. The molecule has 156 valence electrons. The fourth-order valence-corrected chi connectivity index (χ4v) is 3.60. The summed E-state index contributed by atoms with van der Waals surface area (Å²) in [5.74, 6) is 0.374. The standard InChI is InChI=1S/C24H21ClN4O2/c1-29(2)21-12-16(10-11-26-21)24(31)28-22(15-6-4-3-5-7-15)19-14-27-20-13-17(25)8-9-18(20)23(19)30/h3-14,22H,1-2H3,(H,27,30)(H,28,31). The van der Waals surface area contributed by atoms with Gasteiger partial charge in [0.05, 0.1) is 11.6 Å². The van der Waals surface area contributed by atoms with Crippen LogP contribution < -0.4 is 15.6 Å². The number of rotatable bonds is 5. The summed E-state index contributed by atoms with van der Waals surface area (Å²) in [5.41, 5.74) is 2.18. The number of amides is 1. The van der Waals surface area contributed by atoms with Crippen molar-refractivity contribution in [2.45, 2.75) is 6.04 Å². The average Bonchev–Trinajstić information content (AvgIpc) is 2.78. The van der Waals surface area contributed by atoms with Gasteiger partial charge in [-0.15, -0.1) is 0 Å². The van der Waals surface area contributed by atoms with Gasteiger partial charge in [-0.2, -0.15) is 0 Å². The molecule has 2 aromatic carbocycles. The lowest BCUT2D eigenvalue weighted by molar-refractivity contribution is 0.0942. The highest BCUT2D eigenvalue weighted by Gasteiger charge is 2.22. The number of halogens is 1. The molecular formula is C24H21ClN4O2. The van der Waals surface area contributed by atoms with Crippen LogP contribution in [-0.4, -0.2) is 30.0 Å². The highest BCUT2D eigenvalue weighted by Crippen LogP contribution is 2.23. The van der Waals surface area contributed by atoms with Gasteiger partial charge in [-0.1, -0.05) is 41.9 Å². The maximum absolute atomic E-state index is 13.3. The fourth-order valence-electron chi connectivity index (χ4n) is 3.43. The minimum Gasteiger partial charge on any atom is -0.363 e. The predicted octanol–water partition coefficient (Wildman–Crippen LogP) is 4.16. The van der Waals surface area contributed by atoms with Crippen molar-refractivity contribution in [3.8, 4) is 0 Å². The second kappa shape index (κ2) is 8.62. The summed E-state index contributed by atoms with van der Waals surface area (Å²) < 4.78 is 0. The van der Waals surface area contributed by atoms with Crippen LogP contribution in [0.15, 0.2) is 77.9 Å². The topological polar surface area (TPSA) is 78.1 Å². The van der Waals surface area contributed by atoms with Crippen molar-refractivity contribution in [2.75, 3.05) is 19.0 Å². The van der Waals surface area contributed by atoms with E-state index in [0.717, 1.165) is 5.56 Å². The number of fused-ring (bicyclic) bond motifs is 1. The number of carbonyl (C=O) groups is 1. The number of nitrogens with zero attached hydrogens (tertiary/aromatic N) is 2. The minimum absolute atomic E-state index is 0.164. The molecule has 0 fully saturated rings. The largest absolute Gasteiger partial charge is 0.363 e. The molecule has 0 aliphatic rings. The van der Waals surface area contributed by atoms with E-state index in [1.54, 1.807) is 42.7 Å². The first-order valence-electron chi connectivity index (χ1n) is 9.74. The Morgan fingerprint density at radius 1 is 1.10 bits per heavy atom. The molecule has 0 spiro atoms. The van der Waals surface area contributed by atoms with Gasteiger partial charge in [0.2, 0.25) is 0 Å². The number of benzene rings is 2. The summed E-state index contributed by atoms with van der Waals surface area (Å²) in [6, 6.07) is 17.2. The summed E-state index contributed by atoms with van der Waals surface area (Å²) >= 11 is 6.05. The molecule has 1 amide bonds. The molecule has 0 bridgehead atoms. The molecule has 1 unspecified atom stereocenters. The Balaban J connectivity index is 1.78. The maximum atomic E-state index is 13.3. The molecule has 31 heavy (non-hydrogen) atoms. The van der Waals surface area contributed by atoms with Crippen LogP contribution in [0, 0.1) is 0 Å².